The van der Waals surface area contributed by atoms with E-state index >= 15 is 0 Å². The van der Waals surface area contributed by atoms with Gasteiger partial charge in [-0.2, -0.15) is 4.73 Å². The van der Waals surface area contributed by atoms with E-state index in [0.717, 1.165) is 43.0 Å². The summed E-state index contributed by atoms with van der Waals surface area (Å²) in [7, 11) is 0. The molecule has 3 aromatic heterocycles. The van der Waals surface area contributed by atoms with E-state index in [4.69, 9.17) is 4.84 Å². The predicted molar refractivity (Wildman–Crippen MR) is 142 cm³/mol. The largest absolute Gasteiger partial charge is 0.411 e. The number of rotatable bonds is 9. The molecular weight excluding hydrogens is 468 g/mol. The first-order valence-electron chi connectivity index (χ1n) is 12.7. The van der Waals surface area contributed by atoms with E-state index in [1.165, 1.54) is 0 Å². The molecule has 1 atom stereocenters. The van der Waals surface area contributed by atoms with Crippen LogP contribution in [0.2, 0.25) is 0 Å². The van der Waals surface area contributed by atoms with Crippen molar-refractivity contribution in [3.05, 3.63) is 94.4 Å². The van der Waals surface area contributed by atoms with Crippen molar-refractivity contribution in [1.29, 1.82) is 0 Å². The highest BCUT2D eigenvalue weighted by atomic mass is 16.7. The molecule has 0 saturated carbocycles. The number of anilines is 1. The first-order chi connectivity index (χ1) is 18.1. The second-order valence-corrected chi connectivity index (χ2v) is 9.40. The van der Waals surface area contributed by atoms with E-state index in [1.54, 1.807) is 29.5 Å². The number of aryl methyl sites for hydroxylation is 1. The Bertz CT molecular complexity index is 1390. The van der Waals surface area contributed by atoms with Gasteiger partial charge in [-0.25, -0.2) is 4.98 Å². The number of benzene rings is 1. The van der Waals surface area contributed by atoms with Crippen LogP contribution in [0.5, 0.6) is 0 Å². The number of hydrogen-bond donors (Lipinski definition) is 1. The van der Waals surface area contributed by atoms with Crippen LogP contribution in [0.25, 0.3) is 10.9 Å². The number of para-hydroxylation sites is 1. The van der Waals surface area contributed by atoms with Gasteiger partial charge in [0, 0.05) is 67.5 Å². The monoisotopic (exact) mass is 500 g/mol. The molecule has 192 valence electrons. The Labute approximate surface area is 216 Å². The second kappa shape index (κ2) is 11.5. The van der Waals surface area contributed by atoms with Crippen LogP contribution in [0.3, 0.4) is 0 Å². The fourth-order valence-electron chi connectivity index (χ4n) is 5.04. The number of piperidine rings is 1. The quantitative estimate of drug-likeness (QED) is 0.375. The van der Waals surface area contributed by atoms with Crippen molar-refractivity contribution >= 4 is 16.7 Å². The lowest BCUT2D eigenvalue weighted by molar-refractivity contribution is 0.0808. The number of nitrogens with zero attached hydrogens (tertiary/aromatic N) is 6. The topological polar surface area (TPSA) is 96.6 Å². The fraction of sp³-hybridized carbons (Fsp3) is 0.357. The van der Waals surface area contributed by atoms with Crippen molar-refractivity contribution in [2.75, 3.05) is 31.2 Å². The van der Waals surface area contributed by atoms with Gasteiger partial charge in [-0.15, -0.1) is 0 Å². The maximum absolute atomic E-state index is 13.6. The van der Waals surface area contributed by atoms with Crippen LogP contribution in [-0.4, -0.2) is 62.0 Å². The number of aliphatic hydroxyl groups excluding tert-OH is 1. The Morgan fingerprint density at radius 3 is 2.84 bits per heavy atom. The zero-order chi connectivity index (χ0) is 25.6. The molecule has 1 N–H and O–H groups in total. The van der Waals surface area contributed by atoms with Gasteiger partial charge in [-0.3, -0.25) is 19.7 Å². The molecular formula is C28H32N6O3. The molecule has 1 aliphatic heterocycles. The minimum Gasteiger partial charge on any atom is -0.411 e. The maximum Gasteiger partial charge on any atom is 0.194 e. The molecule has 0 radical (unpaired) electrons. The van der Waals surface area contributed by atoms with Gasteiger partial charge in [-0.05, 0) is 49.6 Å². The molecule has 37 heavy (non-hydrogen) atoms. The molecule has 4 aromatic rings. The van der Waals surface area contributed by atoms with Gasteiger partial charge in [0.1, 0.15) is 12.4 Å². The van der Waals surface area contributed by atoms with Crippen LogP contribution in [0.15, 0.2) is 72.2 Å². The molecule has 1 aliphatic rings. The zero-order valence-electron chi connectivity index (χ0n) is 21.0. The zero-order valence-corrected chi connectivity index (χ0v) is 21.0. The van der Waals surface area contributed by atoms with Crippen LogP contribution in [-0.2, 0) is 13.1 Å². The summed E-state index contributed by atoms with van der Waals surface area (Å²) in [6, 6.07) is 11.8. The van der Waals surface area contributed by atoms with Crippen molar-refractivity contribution in [2.24, 2.45) is 0 Å². The van der Waals surface area contributed by atoms with Crippen molar-refractivity contribution in [1.82, 2.24) is 24.6 Å². The summed E-state index contributed by atoms with van der Waals surface area (Å²) in [5.41, 5.74) is 3.46. The summed E-state index contributed by atoms with van der Waals surface area (Å²) in [5, 5.41) is 9.92. The SMILES string of the molecule is Cc1cc(CN(Cc2cn(OCCO)c3ccccc3c2=O)[C@H]2CCCN(c3cnccn3)C2)ccn1. The highest BCUT2D eigenvalue weighted by Crippen LogP contribution is 2.24. The summed E-state index contributed by atoms with van der Waals surface area (Å²) < 4.78 is 1.61. The Morgan fingerprint density at radius 1 is 1.14 bits per heavy atom. The van der Waals surface area contributed by atoms with Gasteiger partial charge in [0.2, 0.25) is 0 Å². The molecule has 9 nitrogen and oxygen atoms in total. The normalized spacial score (nSPS) is 15.9. The molecule has 5 rings (SSSR count). The lowest BCUT2D eigenvalue weighted by Crippen LogP contribution is -2.48. The smallest absolute Gasteiger partial charge is 0.194 e. The number of fused-ring (bicyclic) bond motifs is 1. The van der Waals surface area contributed by atoms with Crippen LogP contribution >= 0.6 is 0 Å². The molecule has 0 amide bonds. The van der Waals surface area contributed by atoms with E-state index in [-0.39, 0.29) is 24.7 Å². The molecule has 4 heterocycles. The third kappa shape index (κ3) is 5.79. The van der Waals surface area contributed by atoms with Gasteiger partial charge in [-0.1, -0.05) is 12.1 Å². The Hall–Kier alpha value is -3.82. The van der Waals surface area contributed by atoms with Gasteiger partial charge in [0.25, 0.3) is 0 Å². The molecule has 1 saturated heterocycles. The first kappa shape index (κ1) is 24.9. The fourth-order valence-corrected chi connectivity index (χ4v) is 5.04. The minimum atomic E-state index is -0.108. The molecule has 9 heteroatoms. The van der Waals surface area contributed by atoms with Crippen LogP contribution in [0, 0.1) is 6.92 Å². The molecule has 0 unspecified atom stereocenters. The lowest BCUT2D eigenvalue weighted by atomic mass is 10.0. The number of hydrogen-bond acceptors (Lipinski definition) is 8. The standard InChI is InChI=1S/C28H32N6O3/c1-21-15-22(8-9-30-21)17-33(24-5-4-12-32(20-24)27-16-29-10-11-31-27)18-23-19-34(37-14-13-35)26-7-3-2-6-25(26)28(23)36/h2-3,6-11,15-16,19,24,35H,4-5,12-14,17-18,20H2,1H3/t24-/m0/s1. The number of pyridine rings is 2. The van der Waals surface area contributed by atoms with Crippen molar-refractivity contribution in [3.63, 3.8) is 0 Å². The second-order valence-electron chi connectivity index (χ2n) is 9.40. The number of aliphatic hydroxyl groups is 1. The Kier molecular flexibility index (Phi) is 7.72. The van der Waals surface area contributed by atoms with Gasteiger partial charge in [0.05, 0.1) is 24.5 Å². The maximum atomic E-state index is 13.6. The summed E-state index contributed by atoms with van der Waals surface area (Å²) in [6.07, 6.45) is 10.9. The van der Waals surface area contributed by atoms with Gasteiger partial charge < -0.3 is 14.8 Å². The van der Waals surface area contributed by atoms with Crippen LogP contribution in [0.1, 0.15) is 29.7 Å². The first-order valence-corrected chi connectivity index (χ1v) is 12.7. The molecule has 1 fully saturated rings. The van der Waals surface area contributed by atoms with Crippen molar-refractivity contribution < 1.29 is 9.94 Å². The third-order valence-corrected chi connectivity index (χ3v) is 6.78. The summed E-state index contributed by atoms with van der Waals surface area (Å²) in [4.78, 5) is 37.1. The molecule has 0 bridgehead atoms. The summed E-state index contributed by atoms with van der Waals surface area (Å²) >= 11 is 0. The van der Waals surface area contributed by atoms with Crippen molar-refractivity contribution in [2.45, 2.75) is 38.9 Å². The van der Waals surface area contributed by atoms with Crippen molar-refractivity contribution in [3.8, 4) is 0 Å². The summed E-state index contributed by atoms with van der Waals surface area (Å²) in [5.74, 6) is 0.873. The highest BCUT2D eigenvalue weighted by molar-refractivity contribution is 5.79. The minimum absolute atomic E-state index is 0.00283. The Morgan fingerprint density at radius 2 is 2.03 bits per heavy atom. The number of aromatic nitrogens is 4. The average molecular weight is 501 g/mol. The molecule has 0 spiro atoms. The van der Waals surface area contributed by atoms with E-state index in [2.05, 4.69) is 30.8 Å². The van der Waals surface area contributed by atoms with E-state index in [0.29, 0.717) is 29.6 Å². The average Bonchev–Trinajstić information content (AvgIpc) is 2.94. The van der Waals surface area contributed by atoms with Gasteiger partial charge in [0.15, 0.2) is 5.43 Å². The predicted octanol–water partition coefficient (Wildman–Crippen LogP) is 2.59. The Balaban J connectivity index is 1.49. The van der Waals surface area contributed by atoms with Crippen LogP contribution < -0.4 is 15.2 Å². The van der Waals surface area contributed by atoms with Crippen LogP contribution in [0.4, 0.5) is 5.82 Å². The van der Waals surface area contributed by atoms with E-state index in [1.807, 2.05) is 43.5 Å². The lowest BCUT2D eigenvalue weighted by Gasteiger charge is -2.40. The molecule has 0 aliphatic carbocycles. The van der Waals surface area contributed by atoms with Gasteiger partial charge >= 0.3 is 0 Å². The van der Waals surface area contributed by atoms with E-state index in [9.17, 15) is 9.90 Å². The third-order valence-electron chi connectivity index (χ3n) is 6.78. The van der Waals surface area contributed by atoms with E-state index < -0.39 is 0 Å². The highest BCUT2D eigenvalue weighted by Gasteiger charge is 2.27. The summed E-state index contributed by atoms with van der Waals surface area (Å²) in [6.45, 7) is 4.90. The molecule has 1 aromatic carbocycles.